The molecule has 0 aliphatic carbocycles. The summed E-state index contributed by atoms with van der Waals surface area (Å²) >= 11 is 0. The first kappa shape index (κ1) is 12.3. The molecule has 1 saturated heterocycles. The van der Waals surface area contributed by atoms with Gasteiger partial charge < -0.3 is 14.5 Å². The van der Waals surface area contributed by atoms with Gasteiger partial charge in [0.2, 0.25) is 0 Å². The molecule has 0 aromatic heterocycles. The highest BCUT2D eigenvalue weighted by molar-refractivity contribution is 5.79. The van der Waals surface area contributed by atoms with Crippen molar-refractivity contribution in [2.24, 2.45) is 4.99 Å². The Kier molecular flexibility index (Phi) is 4.88. The summed E-state index contributed by atoms with van der Waals surface area (Å²) < 4.78 is 5.62. The van der Waals surface area contributed by atoms with Crippen molar-refractivity contribution in [3.05, 3.63) is 0 Å². The minimum atomic E-state index is 0.450. The molecule has 1 heterocycles. The van der Waals surface area contributed by atoms with Crippen molar-refractivity contribution < 1.29 is 4.74 Å². The van der Waals surface area contributed by atoms with E-state index in [1.165, 1.54) is 0 Å². The van der Waals surface area contributed by atoms with Gasteiger partial charge in [0.05, 0.1) is 6.10 Å². The lowest BCUT2D eigenvalue weighted by Gasteiger charge is -2.36. The molecule has 1 fully saturated rings. The second kappa shape index (κ2) is 5.95. The van der Waals surface area contributed by atoms with Crippen LogP contribution in [-0.2, 0) is 4.74 Å². The van der Waals surface area contributed by atoms with Gasteiger partial charge >= 0.3 is 0 Å². The Morgan fingerprint density at radius 1 is 1.40 bits per heavy atom. The van der Waals surface area contributed by atoms with E-state index in [1.807, 2.05) is 21.1 Å². The van der Waals surface area contributed by atoms with Gasteiger partial charge in [-0.2, -0.15) is 0 Å². The van der Waals surface area contributed by atoms with Gasteiger partial charge in [0.15, 0.2) is 5.96 Å². The van der Waals surface area contributed by atoms with E-state index in [-0.39, 0.29) is 0 Å². The van der Waals surface area contributed by atoms with Crippen LogP contribution in [0.15, 0.2) is 4.99 Å². The summed E-state index contributed by atoms with van der Waals surface area (Å²) in [4.78, 5) is 8.71. The second-order valence-electron chi connectivity index (χ2n) is 4.06. The standard InChI is InChI=1S/C11H23N3O/c1-5-15-10-6-8-14(9-7-10)11(12-2)13(3)4/h10H,5-9H2,1-4H3. The molecular formula is C11H23N3O. The van der Waals surface area contributed by atoms with E-state index in [0.717, 1.165) is 38.5 Å². The van der Waals surface area contributed by atoms with Crippen LogP contribution in [0.3, 0.4) is 0 Å². The molecule has 15 heavy (non-hydrogen) atoms. The van der Waals surface area contributed by atoms with Crippen LogP contribution in [0.1, 0.15) is 19.8 Å². The molecule has 0 aromatic rings. The minimum Gasteiger partial charge on any atom is -0.378 e. The number of hydrogen-bond acceptors (Lipinski definition) is 2. The average Bonchev–Trinajstić information content (AvgIpc) is 2.21. The summed E-state index contributed by atoms with van der Waals surface area (Å²) in [5.74, 6) is 1.07. The number of aliphatic imine (C=N–C) groups is 1. The molecule has 0 radical (unpaired) electrons. The lowest BCUT2D eigenvalue weighted by molar-refractivity contribution is 0.0254. The Hall–Kier alpha value is -0.770. The smallest absolute Gasteiger partial charge is 0.195 e. The third kappa shape index (κ3) is 3.38. The monoisotopic (exact) mass is 213 g/mol. The predicted molar refractivity (Wildman–Crippen MR) is 63.3 cm³/mol. The molecule has 0 saturated carbocycles. The van der Waals surface area contributed by atoms with E-state index in [1.54, 1.807) is 0 Å². The number of nitrogens with zero attached hydrogens (tertiary/aromatic N) is 3. The van der Waals surface area contributed by atoms with Crippen molar-refractivity contribution in [3.8, 4) is 0 Å². The highest BCUT2D eigenvalue weighted by Crippen LogP contribution is 2.14. The van der Waals surface area contributed by atoms with Crippen LogP contribution in [0.5, 0.6) is 0 Å². The second-order valence-corrected chi connectivity index (χ2v) is 4.06. The summed E-state index contributed by atoms with van der Waals surface area (Å²) in [5, 5.41) is 0. The number of guanidine groups is 1. The summed E-state index contributed by atoms with van der Waals surface area (Å²) in [7, 11) is 5.93. The third-order valence-electron chi connectivity index (χ3n) is 2.73. The highest BCUT2D eigenvalue weighted by Gasteiger charge is 2.22. The van der Waals surface area contributed by atoms with Gasteiger partial charge in [-0.1, -0.05) is 0 Å². The van der Waals surface area contributed by atoms with Crippen LogP contribution >= 0.6 is 0 Å². The average molecular weight is 213 g/mol. The van der Waals surface area contributed by atoms with Crippen LogP contribution in [0, 0.1) is 0 Å². The molecule has 1 aliphatic rings. The lowest BCUT2D eigenvalue weighted by atomic mass is 10.1. The number of likely N-dealkylation sites (tertiary alicyclic amines) is 1. The third-order valence-corrected chi connectivity index (χ3v) is 2.73. The fourth-order valence-corrected chi connectivity index (χ4v) is 2.08. The number of rotatable bonds is 2. The molecule has 1 rings (SSSR count). The topological polar surface area (TPSA) is 28.1 Å². The van der Waals surface area contributed by atoms with Crippen molar-refractivity contribution in [3.63, 3.8) is 0 Å². The van der Waals surface area contributed by atoms with E-state index >= 15 is 0 Å². The maximum Gasteiger partial charge on any atom is 0.195 e. The lowest BCUT2D eigenvalue weighted by Crippen LogP contribution is -2.46. The van der Waals surface area contributed by atoms with E-state index in [9.17, 15) is 0 Å². The zero-order valence-corrected chi connectivity index (χ0v) is 10.4. The van der Waals surface area contributed by atoms with Gasteiger partial charge in [-0.05, 0) is 19.8 Å². The fourth-order valence-electron chi connectivity index (χ4n) is 2.08. The fraction of sp³-hybridized carbons (Fsp3) is 0.909. The van der Waals surface area contributed by atoms with Crippen LogP contribution in [0.25, 0.3) is 0 Å². The summed E-state index contributed by atoms with van der Waals surface area (Å²) in [6, 6.07) is 0. The van der Waals surface area contributed by atoms with Crippen molar-refractivity contribution in [2.45, 2.75) is 25.9 Å². The van der Waals surface area contributed by atoms with Crippen molar-refractivity contribution in [1.82, 2.24) is 9.80 Å². The number of hydrogen-bond donors (Lipinski definition) is 0. The van der Waals surface area contributed by atoms with Crippen molar-refractivity contribution in [2.75, 3.05) is 40.8 Å². The molecule has 4 nitrogen and oxygen atoms in total. The number of piperidine rings is 1. The van der Waals surface area contributed by atoms with Gasteiger partial charge in [-0.3, -0.25) is 4.99 Å². The van der Waals surface area contributed by atoms with Crippen LogP contribution < -0.4 is 0 Å². The van der Waals surface area contributed by atoms with Gasteiger partial charge in [0.1, 0.15) is 0 Å². The Balaban J connectivity index is 2.42. The summed E-state index contributed by atoms with van der Waals surface area (Å²) in [6.07, 6.45) is 2.67. The molecule has 0 bridgehead atoms. The van der Waals surface area contributed by atoms with Crippen LogP contribution in [0.4, 0.5) is 0 Å². The molecule has 4 heteroatoms. The zero-order chi connectivity index (χ0) is 11.3. The molecule has 0 N–H and O–H groups in total. The van der Waals surface area contributed by atoms with E-state index < -0.39 is 0 Å². The summed E-state index contributed by atoms with van der Waals surface area (Å²) in [5.41, 5.74) is 0. The first-order valence-corrected chi connectivity index (χ1v) is 5.69. The highest BCUT2D eigenvalue weighted by atomic mass is 16.5. The van der Waals surface area contributed by atoms with E-state index in [2.05, 4.69) is 21.7 Å². The van der Waals surface area contributed by atoms with Crippen molar-refractivity contribution in [1.29, 1.82) is 0 Å². The zero-order valence-electron chi connectivity index (χ0n) is 10.4. The van der Waals surface area contributed by atoms with Crippen LogP contribution in [0.2, 0.25) is 0 Å². The van der Waals surface area contributed by atoms with Gasteiger partial charge in [0.25, 0.3) is 0 Å². The van der Waals surface area contributed by atoms with Gasteiger partial charge in [-0.25, -0.2) is 0 Å². The molecule has 0 atom stereocenters. The van der Waals surface area contributed by atoms with Gasteiger partial charge in [0, 0.05) is 40.8 Å². The Morgan fingerprint density at radius 2 is 2.00 bits per heavy atom. The largest absolute Gasteiger partial charge is 0.378 e. The maximum atomic E-state index is 5.62. The summed E-state index contributed by atoms with van der Waals surface area (Å²) in [6.45, 7) is 4.99. The first-order valence-electron chi connectivity index (χ1n) is 5.69. The van der Waals surface area contributed by atoms with Gasteiger partial charge in [-0.15, -0.1) is 0 Å². The molecular weight excluding hydrogens is 190 g/mol. The van der Waals surface area contributed by atoms with E-state index in [0.29, 0.717) is 6.10 Å². The normalized spacial score (nSPS) is 19.5. The van der Waals surface area contributed by atoms with Crippen molar-refractivity contribution >= 4 is 5.96 Å². The quantitative estimate of drug-likeness (QED) is 0.507. The maximum absolute atomic E-state index is 5.62. The Labute approximate surface area is 92.9 Å². The molecule has 0 amide bonds. The minimum absolute atomic E-state index is 0.450. The predicted octanol–water partition coefficient (Wildman–Crippen LogP) is 1.03. The van der Waals surface area contributed by atoms with Crippen LogP contribution in [-0.4, -0.2) is 62.7 Å². The Morgan fingerprint density at radius 3 is 2.40 bits per heavy atom. The molecule has 0 aromatic carbocycles. The first-order chi connectivity index (χ1) is 7.19. The molecule has 0 unspecified atom stereocenters. The SMILES string of the molecule is CCOC1CCN(C(=NC)N(C)C)CC1. The Bertz CT molecular complexity index is 208. The molecule has 0 spiro atoms. The van der Waals surface area contributed by atoms with E-state index in [4.69, 9.17) is 4.74 Å². The molecule has 1 aliphatic heterocycles. The molecule has 88 valence electrons. The number of ether oxygens (including phenoxy) is 1.